The molecule has 1 aromatic heterocycles. The molecule has 0 saturated heterocycles. The van der Waals surface area contributed by atoms with Crippen LogP contribution in [0.25, 0.3) is 10.9 Å². The monoisotopic (exact) mass is 448 g/mol. The molecule has 1 fully saturated rings. The van der Waals surface area contributed by atoms with Gasteiger partial charge in [-0.25, -0.2) is 0 Å². The number of carbonyl (C=O) groups excluding carboxylic acids is 1. The van der Waals surface area contributed by atoms with E-state index >= 15 is 0 Å². The first-order valence-electron chi connectivity index (χ1n) is 11.6. The van der Waals surface area contributed by atoms with Crippen molar-refractivity contribution in [1.29, 1.82) is 0 Å². The van der Waals surface area contributed by atoms with Crippen LogP contribution in [0.15, 0.2) is 47.3 Å². The van der Waals surface area contributed by atoms with Crippen LogP contribution < -0.4 is 19.8 Å². The van der Waals surface area contributed by atoms with Crippen LogP contribution in [0.4, 0.5) is 0 Å². The fourth-order valence-corrected chi connectivity index (χ4v) is 4.70. The lowest BCUT2D eigenvalue weighted by molar-refractivity contribution is 0.0663. The summed E-state index contributed by atoms with van der Waals surface area (Å²) in [5.74, 6) is 1.98. The fourth-order valence-electron chi connectivity index (χ4n) is 4.70. The highest BCUT2D eigenvalue weighted by Crippen LogP contribution is 2.34. The molecule has 0 radical (unpaired) electrons. The van der Waals surface area contributed by atoms with Crippen LogP contribution >= 0.6 is 0 Å². The van der Waals surface area contributed by atoms with Gasteiger partial charge in [-0.1, -0.05) is 12.8 Å². The Morgan fingerprint density at radius 3 is 2.45 bits per heavy atom. The lowest BCUT2D eigenvalue weighted by Gasteiger charge is -2.29. The van der Waals surface area contributed by atoms with E-state index in [1.54, 1.807) is 18.2 Å². The van der Waals surface area contributed by atoms with Crippen molar-refractivity contribution in [3.63, 3.8) is 0 Å². The molecule has 1 N–H and O–H groups in total. The molecular weight excluding hydrogens is 420 g/mol. The Bertz CT molecular complexity index is 1210. The molecule has 2 aromatic carbocycles. The van der Waals surface area contributed by atoms with Crippen LogP contribution in [-0.4, -0.2) is 41.7 Å². The van der Waals surface area contributed by atoms with Gasteiger partial charge in [0.05, 0.1) is 18.7 Å². The zero-order valence-electron chi connectivity index (χ0n) is 18.8. The van der Waals surface area contributed by atoms with Crippen LogP contribution in [0.3, 0.4) is 0 Å². The molecule has 1 saturated carbocycles. The number of hydrogen-bond acceptors (Lipinski definition) is 5. The second kappa shape index (κ2) is 9.17. The third-order valence-corrected chi connectivity index (χ3v) is 6.36. The number of fused-ring (bicyclic) bond motifs is 2. The van der Waals surface area contributed by atoms with E-state index in [9.17, 15) is 9.59 Å². The summed E-state index contributed by atoms with van der Waals surface area (Å²) in [5, 5.41) is 0.855. The zero-order valence-corrected chi connectivity index (χ0v) is 18.8. The quantitative estimate of drug-likeness (QED) is 0.609. The number of amides is 1. The van der Waals surface area contributed by atoms with Crippen molar-refractivity contribution >= 4 is 16.8 Å². The van der Waals surface area contributed by atoms with Gasteiger partial charge in [-0.2, -0.15) is 0 Å². The molecule has 33 heavy (non-hydrogen) atoms. The van der Waals surface area contributed by atoms with Crippen molar-refractivity contribution < 1.29 is 19.0 Å². The molecule has 2 aliphatic rings. The molecule has 2 heterocycles. The first-order valence-corrected chi connectivity index (χ1v) is 11.6. The summed E-state index contributed by atoms with van der Waals surface area (Å²) < 4.78 is 16.8. The normalized spacial score (nSPS) is 15.5. The summed E-state index contributed by atoms with van der Waals surface area (Å²) >= 11 is 0. The molecule has 1 amide bonds. The maximum Gasteiger partial charge on any atom is 0.254 e. The number of rotatable bonds is 6. The predicted octanol–water partition coefficient (Wildman–Crippen LogP) is 4.28. The van der Waals surface area contributed by atoms with Gasteiger partial charge in [0.2, 0.25) is 0 Å². The van der Waals surface area contributed by atoms with Crippen molar-refractivity contribution in [3.8, 4) is 17.2 Å². The van der Waals surface area contributed by atoms with E-state index in [0.29, 0.717) is 48.0 Å². The highest BCUT2D eigenvalue weighted by Gasteiger charge is 2.28. The summed E-state index contributed by atoms with van der Waals surface area (Å²) in [6.07, 6.45) is 4.09. The molecule has 7 heteroatoms. The highest BCUT2D eigenvalue weighted by molar-refractivity contribution is 5.94. The third-order valence-electron chi connectivity index (χ3n) is 6.36. The number of hydrogen-bond donors (Lipinski definition) is 1. The Labute approximate surface area is 192 Å². The molecule has 7 nitrogen and oxygen atoms in total. The molecule has 1 aliphatic heterocycles. The van der Waals surface area contributed by atoms with Crippen molar-refractivity contribution in [2.45, 2.75) is 45.2 Å². The minimum absolute atomic E-state index is 0.0633. The van der Waals surface area contributed by atoms with Crippen molar-refractivity contribution in [2.24, 2.45) is 0 Å². The Morgan fingerprint density at radius 1 is 1.06 bits per heavy atom. The number of aromatic amines is 1. The minimum atomic E-state index is -0.193. The second-order valence-corrected chi connectivity index (χ2v) is 8.54. The first kappa shape index (κ1) is 21.4. The second-order valence-electron chi connectivity index (χ2n) is 8.54. The van der Waals surface area contributed by atoms with Crippen LogP contribution in [0.1, 0.15) is 48.5 Å². The maximum absolute atomic E-state index is 13.5. The SMILES string of the molecule is CCOc1ccc(C(=O)N(Cc2cc3cc4c(cc3[nH]c2=O)OCCO4)C2CCCC2)cc1. The summed E-state index contributed by atoms with van der Waals surface area (Å²) in [7, 11) is 0. The number of nitrogens with zero attached hydrogens (tertiary/aromatic N) is 1. The van der Waals surface area contributed by atoms with E-state index in [0.717, 1.165) is 36.8 Å². The lowest BCUT2D eigenvalue weighted by atomic mass is 10.1. The van der Waals surface area contributed by atoms with E-state index in [1.165, 1.54) is 0 Å². The summed E-state index contributed by atoms with van der Waals surface area (Å²) in [5.41, 5.74) is 1.66. The number of pyridine rings is 1. The van der Waals surface area contributed by atoms with Gasteiger partial charge in [-0.15, -0.1) is 0 Å². The number of H-pyrrole nitrogens is 1. The molecule has 0 spiro atoms. The van der Waals surface area contributed by atoms with Gasteiger partial charge < -0.3 is 24.1 Å². The van der Waals surface area contributed by atoms with E-state index in [-0.39, 0.29) is 24.1 Å². The first-order chi connectivity index (χ1) is 16.1. The van der Waals surface area contributed by atoms with Gasteiger partial charge in [0.15, 0.2) is 11.5 Å². The number of nitrogens with one attached hydrogen (secondary N) is 1. The largest absolute Gasteiger partial charge is 0.494 e. The maximum atomic E-state index is 13.5. The number of aromatic nitrogens is 1. The number of ether oxygens (including phenoxy) is 3. The molecule has 5 rings (SSSR count). The smallest absolute Gasteiger partial charge is 0.254 e. The third kappa shape index (κ3) is 4.40. The standard InChI is InChI=1S/C26H28N2O5/c1-2-31-21-9-7-17(8-10-21)26(30)28(20-5-3-4-6-20)16-19-13-18-14-23-24(33-12-11-32-23)15-22(18)27-25(19)29/h7-10,13-15,20H,2-6,11-12,16H2,1H3,(H,27,29). The summed E-state index contributed by atoms with van der Waals surface area (Å²) in [6, 6.07) is 12.9. The van der Waals surface area contributed by atoms with Crippen molar-refractivity contribution in [3.05, 3.63) is 63.9 Å². The molecule has 3 aromatic rings. The number of benzene rings is 2. The van der Waals surface area contributed by atoms with E-state index in [4.69, 9.17) is 14.2 Å². The summed E-state index contributed by atoms with van der Waals surface area (Å²) in [4.78, 5) is 31.3. The average molecular weight is 449 g/mol. The highest BCUT2D eigenvalue weighted by atomic mass is 16.6. The Kier molecular flexibility index (Phi) is 5.94. The van der Waals surface area contributed by atoms with Crippen LogP contribution in [-0.2, 0) is 6.54 Å². The molecule has 0 atom stereocenters. The van der Waals surface area contributed by atoms with E-state index in [2.05, 4.69) is 4.98 Å². The van der Waals surface area contributed by atoms with Gasteiger partial charge in [0.25, 0.3) is 11.5 Å². The van der Waals surface area contributed by atoms with Gasteiger partial charge in [0.1, 0.15) is 19.0 Å². The Hall–Kier alpha value is -3.48. The molecular formula is C26H28N2O5. The fraction of sp³-hybridized carbons (Fsp3) is 0.385. The molecule has 1 aliphatic carbocycles. The topological polar surface area (TPSA) is 80.9 Å². The van der Waals surface area contributed by atoms with Crippen molar-refractivity contribution in [2.75, 3.05) is 19.8 Å². The molecule has 0 unspecified atom stereocenters. The minimum Gasteiger partial charge on any atom is -0.494 e. The van der Waals surface area contributed by atoms with Crippen LogP contribution in [0, 0.1) is 0 Å². The zero-order chi connectivity index (χ0) is 22.8. The lowest BCUT2D eigenvalue weighted by Crippen LogP contribution is -2.39. The average Bonchev–Trinajstić information content (AvgIpc) is 3.36. The van der Waals surface area contributed by atoms with Crippen molar-refractivity contribution in [1.82, 2.24) is 9.88 Å². The number of carbonyl (C=O) groups is 1. The van der Waals surface area contributed by atoms with E-state index in [1.807, 2.05) is 36.1 Å². The molecule has 0 bridgehead atoms. The Balaban J connectivity index is 1.46. The van der Waals surface area contributed by atoms with Gasteiger partial charge in [-0.3, -0.25) is 9.59 Å². The predicted molar refractivity (Wildman–Crippen MR) is 125 cm³/mol. The summed E-state index contributed by atoms with van der Waals surface area (Å²) in [6.45, 7) is 3.76. The van der Waals surface area contributed by atoms with E-state index < -0.39 is 0 Å². The van der Waals surface area contributed by atoms with Gasteiger partial charge >= 0.3 is 0 Å². The van der Waals surface area contributed by atoms with Crippen LogP contribution in [0.5, 0.6) is 17.2 Å². The van der Waals surface area contributed by atoms with Gasteiger partial charge in [0, 0.05) is 28.6 Å². The molecule has 172 valence electrons. The van der Waals surface area contributed by atoms with Gasteiger partial charge in [-0.05, 0) is 56.2 Å². The van der Waals surface area contributed by atoms with Crippen LogP contribution in [0.2, 0.25) is 0 Å². The Morgan fingerprint density at radius 2 is 1.76 bits per heavy atom.